The third-order valence-electron chi connectivity index (χ3n) is 3.78. The predicted molar refractivity (Wildman–Crippen MR) is 65.3 cm³/mol. The molecule has 2 aliphatic rings. The predicted octanol–water partition coefficient (Wildman–Crippen LogP) is 1.54. The Balaban J connectivity index is 0.000000322. The maximum Gasteiger partial charge on any atom is 0.490 e. The van der Waals surface area contributed by atoms with Gasteiger partial charge in [0.1, 0.15) is 5.54 Å². The molecule has 0 aromatic rings. The lowest BCUT2D eigenvalue weighted by molar-refractivity contribution is -0.192. The van der Waals surface area contributed by atoms with Gasteiger partial charge in [-0.1, -0.05) is 0 Å². The fourth-order valence-electron chi connectivity index (χ4n) is 2.27. The summed E-state index contributed by atoms with van der Waals surface area (Å²) in [6, 6.07) is 0. The number of halogens is 6. The van der Waals surface area contributed by atoms with Gasteiger partial charge in [0.15, 0.2) is 0 Å². The van der Waals surface area contributed by atoms with Crippen LogP contribution in [0.3, 0.4) is 0 Å². The molecule has 3 atom stereocenters. The van der Waals surface area contributed by atoms with Crippen molar-refractivity contribution in [2.24, 2.45) is 17.8 Å². The Kier molecular flexibility index (Phi) is 5.24. The zero-order valence-electron chi connectivity index (χ0n) is 12.2. The summed E-state index contributed by atoms with van der Waals surface area (Å²) < 4.78 is 69.4. The number of amides is 1. The van der Waals surface area contributed by atoms with E-state index in [2.05, 4.69) is 10.6 Å². The molecule has 134 valence electrons. The van der Waals surface area contributed by atoms with Crippen LogP contribution in [0, 0.1) is 17.8 Å². The summed E-state index contributed by atoms with van der Waals surface area (Å²) in [5.41, 5.74) is -2.14. The van der Waals surface area contributed by atoms with Gasteiger partial charge in [0.2, 0.25) is 5.91 Å². The van der Waals surface area contributed by atoms with Crippen LogP contribution in [0.1, 0.15) is 13.8 Å². The fraction of sp³-hybridized carbons (Fsp3) is 0.833. The van der Waals surface area contributed by atoms with Crippen LogP contribution in [0.25, 0.3) is 0 Å². The molecule has 1 aliphatic carbocycles. The summed E-state index contributed by atoms with van der Waals surface area (Å²) >= 11 is 0. The lowest BCUT2D eigenvalue weighted by Crippen LogP contribution is -2.55. The second-order valence-corrected chi connectivity index (χ2v) is 5.93. The topological polar surface area (TPSA) is 78.4 Å². The molecule has 5 nitrogen and oxygen atoms in total. The largest absolute Gasteiger partial charge is 0.490 e. The number of nitrogens with one attached hydrogen (secondary N) is 2. The molecule has 3 N–H and O–H groups in total. The summed E-state index contributed by atoms with van der Waals surface area (Å²) in [4.78, 5) is 20.5. The van der Waals surface area contributed by atoms with Gasteiger partial charge in [0.25, 0.3) is 0 Å². The number of carbonyl (C=O) groups is 2. The minimum absolute atomic E-state index is 0.220. The van der Waals surface area contributed by atoms with Crippen LogP contribution < -0.4 is 10.6 Å². The highest BCUT2D eigenvalue weighted by molar-refractivity contribution is 5.83. The van der Waals surface area contributed by atoms with E-state index in [0.29, 0.717) is 0 Å². The molecule has 1 saturated heterocycles. The Morgan fingerprint density at radius 2 is 1.43 bits per heavy atom. The van der Waals surface area contributed by atoms with Crippen LogP contribution in [-0.2, 0) is 9.59 Å². The van der Waals surface area contributed by atoms with E-state index in [1.165, 1.54) is 0 Å². The standard InChI is InChI=1S/C10H15F3N2O.C2HF3O2/c1-9(2,10(11,12)13)15-8(16)7-5-3-14-4-6(5)7;3-2(4,5)1(6)7/h5-7,14H,3-4H2,1-2H3,(H,15,16);(H,6,7)/t5-,6+,7?;. The van der Waals surface area contributed by atoms with Crippen molar-refractivity contribution < 1.29 is 41.0 Å². The molecule has 1 saturated carbocycles. The minimum atomic E-state index is -5.08. The van der Waals surface area contributed by atoms with E-state index in [4.69, 9.17) is 9.90 Å². The summed E-state index contributed by atoms with van der Waals surface area (Å²) in [7, 11) is 0. The minimum Gasteiger partial charge on any atom is -0.475 e. The van der Waals surface area contributed by atoms with Crippen molar-refractivity contribution in [1.82, 2.24) is 10.6 Å². The number of alkyl halides is 6. The van der Waals surface area contributed by atoms with Gasteiger partial charge in [-0.05, 0) is 38.8 Å². The maximum absolute atomic E-state index is 12.5. The number of carboxylic acids is 1. The van der Waals surface area contributed by atoms with E-state index in [-0.39, 0.29) is 17.8 Å². The van der Waals surface area contributed by atoms with Crippen molar-refractivity contribution in [3.05, 3.63) is 0 Å². The number of hydrogen-bond acceptors (Lipinski definition) is 3. The molecular formula is C12H16F6N2O3. The quantitative estimate of drug-likeness (QED) is 0.660. The van der Waals surface area contributed by atoms with Crippen molar-refractivity contribution >= 4 is 11.9 Å². The third-order valence-corrected chi connectivity index (χ3v) is 3.78. The van der Waals surface area contributed by atoms with Gasteiger partial charge in [-0.15, -0.1) is 0 Å². The molecule has 0 bridgehead atoms. The number of carboxylic acid groups (broad SMARTS) is 1. The number of rotatable bonds is 2. The third kappa shape index (κ3) is 4.72. The lowest BCUT2D eigenvalue weighted by Gasteiger charge is -2.29. The molecule has 1 unspecified atom stereocenters. The highest BCUT2D eigenvalue weighted by Crippen LogP contribution is 2.49. The van der Waals surface area contributed by atoms with E-state index in [0.717, 1.165) is 26.9 Å². The van der Waals surface area contributed by atoms with Crippen LogP contribution in [0.4, 0.5) is 26.3 Å². The Bertz CT molecular complexity index is 464. The molecule has 1 aliphatic heterocycles. The number of piperidine rings is 1. The molecule has 0 aromatic heterocycles. The molecule has 2 fully saturated rings. The molecule has 0 aromatic carbocycles. The van der Waals surface area contributed by atoms with Crippen LogP contribution in [-0.4, -0.2) is 48.0 Å². The average molecular weight is 350 g/mol. The van der Waals surface area contributed by atoms with Crippen molar-refractivity contribution in [3.8, 4) is 0 Å². The van der Waals surface area contributed by atoms with E-state index in [1.54, 1.807) is 0 Å². The van der Waals surface area contributed by atoms with Gasteiger partial charge in [0, 0.05) is 5.92 Å². The number of carbonyl (C=O) groups excluding carboxylic acids is 1. The second-order valence-electron chi connectivity index (χ2n) is 5.93. The van der Waals surface area contributed by atoms with Crippen molar-refractivity contribution in [2.45, 2.75) is 31.7 Å². The number of aliphatic carboxylic acids is 1. The van der Waals surface area contributed by atoms with Gasteiger partial charge in [-0.25, -0.2) is 4.79 Å². The van der Waals surface area contributed by atoms with E-state index >= 15 is 0 Å². The van der Waals surface area contributed by atoms with Crippen LogP contribution in [0.2, 0.25) is 0 Å². The van der Waals surface area contributed by atoms with E-state index in [9.17, 15) is 31.1 Å². The highest BCUT2D eigenvalue weighted by atomic mass is 19.4. The van der Waals surface area contributed by atoms with Gasteiger partial charge < -0.3 is 15.7 Å². The first kappa shape index (κ1) is 19.5. The Morgan fingerprint density at radius 1 is 1.04 bits per heavy atom. The average Bonchev–Trinajstić information content (AvgIpc) is 2.81. The van der Waals surface area contributed by atoms with Crippen molar-refractivity contribution in [3.63, 3.8) is 0 Å². The van der Waals surface area contributed by atoms with Gasteiger partial charge in [-0.3, -0.25) is 4.79 Å². The Morgan fingerprint density at radius 3 is 1.74 bits per heavy atom. The summed E-state index contributed by atoms with van der Waals surface area (Å²) in [6.45, 7) is 3.47. The summed E-state index contributed by atoms with van der Waals surface area (Å²) in [5.74, 6) is -2.96. The second kappa shape index (κ2) is 6.17. The molecule has 2 rings (SSSR count). The van der Waals surface area contributed by atoms with Gasteiger partial charge in [-0.2, -0.15) is 26.3 Å². The molecule has 1 heterocycles. The first-order valence-corrected chi connectivity index (χ1v) is 6.58. The first-order chi connectivity index (χ1) is 10.2. The van der Waals surface area contributed by atoms with Crippen LogP contribution in [0.15, 0.2) is 0 Å². The van der Waals surface area contributed by atoms with Crippen LogP contribution in [0.5, 0.6) is 0 Å². The summed E-state index contributed by atoms with van der Waals surface area (Å²) in [5, 5.41) is 12.3. The zero-order chi connectivity index (χ0) is 18.2. The van der Waals surface area contributed by atoms with Gasteiger partial charge in [0.05, 0.1) is 0 Å². The molecular weight excluding hydrogens is 334 g/mol. The molecule has 1 amide bonds. The maximum atomic E-state index is 12.5. The Labute approximate surface area is 127 Å². The normalized spacial score (nSPS) is 26.7. The van der Waals surface area contributed by atoms with Gasteiger partial charge >= 0.3 is 18.3 Å². The fourth-order valence-corrected chi connectivity index (χ4v) is 2.27. The SMILES string of the molecule is CC(C)(NC(=O)C1[C@H]2CNC[C@@H]12)C(F)(F)F.O=C(O)C(F)(F)F. The molecule has 0 spiro atoms. The lowest BCUT2D eigenvalue weighted by atomic mass is 10.0. The van der Waals surface area contributed by atoms with E-state index < -0.39 is 29.8 Å². The van der Waals surface area contributed by atoms with E-state index in [1.807, 2.05) is 0 Å². The van der Waals surface area contributed by atoms with Crippen molar-refractivity contribution in [1.29, 1.82) is 0 Å². The number of hydrogen-bond donors (Lipinski definition) is 3. The first-order valence-electron chi connectivity index (χ1n) is 6.58. The number of fused-ring (bicyclic) bond motifs is 1. The van der Waals surface area contributed by atoms with Crippen LogP contribution >= 0.6 is 0 Å². The zero-order valence-corrected chi connectivity index (χ0v) is 12.2. The highest BCUT2D eigenvalue weighted by Gasteiger charge is 2.59. The molecule has 23 heavy (non-hydrogen) atoms. The Hall–Kier alpha value is -1.52. The molecule has 0 radical (unpaired) electrons. The molecule has 11 heteroatoms. The smallest absolute Gasteiger partial charge is 0.475 e. The van der Waals surface area contributed by atoms with Crippen molar-refractivity contribution in [2.75, 3.05) is 13.1 Å². The summed E-state index contributed by atoms with van der Waals surface area (Å²) in [6.07, 6.45) is -9.50. The monoisotopic (exact) mass is 350 g/mol.